The summed E-state index contributed by atoms with van der Waals surface area (Å²) in [7, 11) is 0. The average Bonchev–Trinajstić information content (AvgIpc) is 3.11. The maximum absolute atomic E-state index is 2.31. The van der Waals surface area contributed by atoms with Gasteiger partial charge in [0.2, 0.25) is 0 Å². The predicted octanol–water partition coefficient (Wildman–Crippen LogP) is 1.14. The average molecular weight is 507 g/mol. The predicted molar refractivity (Wildman–Crippen MR) is 116 cm³/mol. The van der Waals surface area contributed by atoms with Crippen LogP contribution in [0.3, 0.4) is 0 Å². The Hall–Kier alpha value is -0.660. The summed E-state index contributed by atoms with van der Waals surface area (Å²) in [5, 5.41) is 5.51. The first-order valence-corrected chi connectivity index (χ1v) is 15.2. The van der Waals surface area contributed by atoms with E-state index in [9.17, 15) is 0 Å². The zero-order chi connectivity index (χ0) is 19.3. The van der Waals surface area contributed by atoms with E-state index in [-0.39, 0.29) is 30.2 Å². The third-order valence-corrected chi connectivity index (χ3v) is 4.23. The molecular weight excluding hydrogens is 478 g/mol. The van der Waals surface area contributed by atoms with Crippen LogP contribution < -0.4 is 24.8 Å². The molecule has 28 heavy (non-hydrogen) atoms. The first-order chi connectivity index (χ1) is 12.3. The molecule has 4 heteroatoms. The summed E-state index contributed by atoms with van der Waals surface area (Å²) >= 11 is 1.74. The van der Waals surface area contributed by atoms with Crippen molar-refractivity contribution in [1.29, 1.82) is 0 Å². The standard InChI is InChI=1S/2C11H11.C2H6Si.2ClH.Zr/c2*1-8-6-10-5-3-4-9(2)11(10)7-8;1-3-2;;;/h2*3-7H,1-2H3;1-2H3;2*1H;/q2*-1;;;;+2/p-2. The van der Waals surface area contributed by atoms with E-state index in [2.05, 4.69) is 101 Å². The zero-order valence-electron chi connectivity index (χ0n) is 17.5. The molecule has 4 aromatic rings. The Morgan fingerprint density at radius 2 is 1.00 bits per heavy atom. The largest absolute Gasteiger partial charge is 1.00 e. The van der Waals surface area contributed by atoms with Crippen LogP contribution in [0.2, 0.25) is 13.1 Å². The van der Waals surface area contributed by atoms with Gasteiger partial charge in [-0.2, -0.15) is 12.1 Å². The van der Waals surface area contributed by atoms with E-state index in [0.29, 0.717) is 0 Å². The molecule has 0 fully saturated rings. The summed E-state index contributed by atoms with van der Waals surface area (Å²) in [4.78, 5) is 0. The van der Waals surface area contributed by atoms with Crippen molar-refractivity contribution in [3.05, 3.63) is 82.9 Å². The van der Waals surface area contributed by atoms with Crippen LogP contribution in [0.25, 0.3) is 21.5 Å². The van der Waals surface area contributed by atoms with E-state index in [1.165, 1.54) is 43.8 Å². The molecule has 0 heterocycles. The van der Waals surface area contributed by atoms with Crippen molar-refractivity contribution in [2.75, 3.05) is 0 Å². The molecule has 0 unspecified atom stereocenters. The molecule has 0 aromatic heterocycles. The first kappa shape index (κ1) is 27.3. The van der Waals surface area contributed by atoms with Crippen LogP contribution in [-0.2, 0) is 23.3 Å². The van der Waals surface area contributed by atoms with Gasteiger partial charge < -0.3 is 24.8 Å². The van der Waals surface area contributed by atoms with Crippen molar-refractivity contribution in [3.8, 4) is 0 Å². The van der Waals surface area contributed by atoms with Gasteiger partial charge in [-0.3, -0.25) is 0 Å². The topological polar surface area (TPSA) is 0 Å². The number of benzene rings is 2. The molecule has 4 rings (SSSR count). The van der Waals surface area contributed by atoms with E-state index in [0.717, 1.165) is 0 Å². The van der Waals surface area contributed by atoms with Gasteiger partial charge in [-0.1, -0.05) is 37.1 Å². The quantitative estimate of drug-likeness (QED) is 0.248. The van der Waals surface area contributed by atoms with Crippen LogP contribution in [0.1, 0.15) is 22.3 Å². The second kappa shape index (κ2) is 12.8. The molecule has 0 saturated heterocycles. The Balaban J connectivity index is 0.000000415. The fourth-order valence-electron chi connectivity index (χ4n) is 3.08. The van der Waals surface area contributed by atoms with E-state index in [1.807, 2.05) is 0 Å². The molecule has 0 bridgehead atoms. The molecule has 0 N–H and O–H groups in total. The fourth-order valence-corrected chi connectivity index (χ4v) is 3.08. The van der Waals surface area contributed by atoms with Gasteiger partial charge in [-0.05, 0) is 13.8 Å². The molecule has 0 aliphatic carbocycles. The number of hydrogen-bond acceptors (Lipinski definition) is 0. The monoisotopic (exact) mass is 504 g/mol. The van der Waals surface area contributed by atoms with Gasteiger partial charge in [0.15, 0.2) is 0 Å². The van der Waals surface area contributed by atoms with Crippen LogP contribution in [0.4, 0.5) is 0 Å². The first-order valence-electron chi connectivity index (χ1n) is 9.05. The van der Waals surface area contributed by atoms with Gasteiger partial charge in [0.05, 0.1) is 0 Å². The zero-order valence-corrected chi connectivity index (χ0v) is 22.5. The molecule has 0 atom stereocenters. The number of fused-ring (bicyclic) bond motifs is 2. The number of rotatable bonds is 0. The SMILES string of the molecule is C[Si](C)=[Zr+2].Cc1cc2c(C)cccc2[cH-]1.Cc1cc2c(C)cccc2[cH-]1.[Cl-].[Cl-]. The molecule has 0 nitrogen and oxygen atoms in total. The summed E-state index contributed by atoms with van der Waals surface area (Å²) in [6.45, 7) is 13.2. The molecule has 0 amide bonds. The minimum absolute atomic E-state index is 0. The van der Waals surface area contributed by atoms with Crippen molar-refractivity contribution in [3.63, 3.8) is 0 Å². The van der Waals surface area contributed by atoms with Gasteiger partial charge in [0.1, 0.15) is 0 Å². The minimum atomic E-state index is 0. The van der Waals surface area contributed by atoms with E-state index < -0.39 is 0 Å². The molecule has 148 valence electrons. The van der Waals surface area contributed by atoms with Crippen molar-refractivity contribution in [1.82, 2.24) is 0 Å². The second-order valence-electron chi connectivity index (χ2n) is 7.22. The van der Waals surface area contributed by atoms with Crippen LogP contribution in [0, 0.1) is 27.7 Å². The van der Waals surface area contributed by atoms with Crippen molar-refractivity contribution < 1.29 is 48.1 Å². The van der Waals surface area contributed by atoms with E-state index in [1.54, 1.807) is 23.3 Å². The number of halogens is 2. The van der Waals surface area contributed by atoms with Crippen molar-refractivity contribution in [2.24, 2.45) is 0 Å². The Labute approximate surface area is 197 Å². The van der Waals surface area contributed by atoms with Crippen LogP contribution in [0.5, 0.6) is 0 Å². The normalized spacial score (nSPS) is 9.43. The van der Waals surface area contributed by atoms with Gasteiger partial charge >= 0.3 is 41.9 Å². The summed E-state index contributed by atoms with van der Waals surface area (Å²) in [5.74, 6) is 0. The minimum Gasteiger partial charge on any atom is -1.00 e. The molecule has 0 saturated carbocycles. The molecular formula is C24H28Cl2SiZr-2. The summed E-state index contributed by atoms with van der Waals surface area (Å²) in [6.07, 6.45) is 0. The maximum atomic E-state index is 2.31. The van der Waals surface area contributed by atoms with Gasteiger partial charge in [0.25, 0.3) is 0 Å². The third-order valence-electron chi connectivity index (χ3n) is 4.23. The number of aryl methyl sites for hydroxylation is 4. The third kappa shape index (κ3) is 7.99. The molecule has 4 aromatic carbocycles. The fraction of sp³-hybridized carbons (Fsp3) is 0.250. The Morgan fingerprint density at radius 1 is 0.679 bits per heavy atom. The van der Waals surface area contributed by atoms with E-state index >= 15 is 0 Å². The van der Waals surface area contributed by atoms with Crippen LogP contribution in [0.15, 0.2) is 60.7 Å². The van der Waals surface area contributed by atoms with Crippen LogP contribution in [-0.4, -0.2) is 5.43 Å². The van der Waals surface area contributed by atoms with Gasteiger partial charge in [0, 0.05) is 0 Å². The Kier molecular flexibility index (Phi) is 12.5. The van der Waals surface area contributed by atoms with Crippen LogP contribution >= 0.6 is 0 Å². The van der Waals surface area contributed by atoms with Gasteiger partial charge in [-0.15, -0.1) is 69.1 Å². The Morgan fingerprint density at radius 3 is 1.29 bits per heavy atom. The molecule has 0 spiro atoms. The van der Waals surface area contributed by atoms with Crippen molar-refractivity contribution >= 4 is 27.0 Å². The van der Waals surface area contributed by atoms with Gasteiger partial charge in [-0.25, -0.2) is 0 Å². The molecule has 0 aliphatic heterocycles. The summed E-state index contributed by atoms with van der Waals surface area (Å²) < 4.78 is 0. The maximum Gasteiger partial charge on any atom is -0.0488 e. The second-order valence-corrected chi connectivity index (χ2v) is 16.6. The summed E-state index contributed by atoms with van der Waals surface area (Å²) in [6, 6.07) is 21.8. The molecule has 0 radical (unpaired) electrons. The number of hydrogen-bond donors (Lipinski definition) is 0. The smallest absolute Gasteiger partial charge is 0.0488 e. The van der Waals surface area contributed by atoms with Crippen molar-refractivity contribution in [2.45, 2.75) is 40.8 Å². The van der Waals surface area contributed by atoms with E-state index in [4.69, 9.17) is 0 Å². The molecule has 0 aliphatic rings. The summed E-state index contributed by atoms with van der Waals surface area (Å²) in [5.41, 5.74) is 5.66. The Bertz CT molecular complexity index is 946.